The van der Waals surface area contributed by atoms with Crippen LogP contribution in [0.2, 0.25) is 0 Å². The molecule has 0 amide bonds. The number of carbonyl (C=O) groups is 1. The molecule has 41 heavy (non-hydrogen) atoms. The highest BCUT2D eigenvalue weighted by Gasteiger charge is 2.34. The van der Waals surface area contributed by atoms with Crippen LogP contribution in [-0.4, -0.2) is 71.5 Å². The van der Waals surface area contributed by atoms with E-state index in [4.69, 9.17) is 21.1 Å². The van der Waals surface area contributed by atoms with E-state index in [0.29, 0.717) is 43.0 Å². The van der Waals surface area contributed by atoms with Gasteiger partial charge in [0.25, 0.3) is 0 Å². The lowest BCUT2D eigenvalue weighted by Gasteiger charge is -2.26. The SMILES string of the molecule is CCCCCC(O)c1cccc(SCC2C(Cl)CC[C@@H]2CCCc2nc(F)c(C(=O)OCCN3CCOCC3)s2)c1. The highest BCUT2D eigenvalue weighted by molar-refractivity contribution is 7.99. The average Bonchev–Trinajstić information content (AvgIpc) is 3.53. The van der Waals surface area contributed by atoms with Crippen molar-refractivity contribution in [2.75, 3.05) is 45.2 Å². The van der Waals surface area contributed by atoms with E-state index in [1.807, 2.05) is 23.9 Å². The van der Waals surface area contributed by atoms with Crippen molar-refractivity contribution in [1.82, 2.24) is 9.88 Å². The van der Waals surface area contributed by atoms with Gasteiger partial charge >= 0.3 is 5.97 Å². The Morgan fingerprint density at radius 1 is 1.29 bits per heavy atom. The van der Waals surface area contributed by atoms with E-state index in [2.05, 4.69) is 28.9 Å². The fourth-order valence-corrected chi connectivity index (χ4v) is 8.39. The molecule has 10 heteroatoms. The minimum Gasteiger partial charge on any atom is -0.460 e. The minimum absolute atomic E-state index is 0.0318. The van der Waals surface area contributed by atoms with Gasteiger partial charge in [-0.25, -0.2) is 9.78 Å². The molecule has 2 aromatic rings. The number of alkyl halides is 1. The van der Waals surface area contributed by atoms with Crippen molar-refractivity contribution in [3.63, 3.8) is 0 Å². The molecule has 2 aliphatic rings. The quantitative estimate of drug-likeness (QED) is 0.0919. The normalized spacial score (nSPS) is 22.2. The fourth-order valence-electron chi connectivity index (χ4n) is 5.70. The number of hydrogen-bond acceptors (Lipinski definition) is 8. The van der Waals surface area contributed by atoms with Crippen LogP contribution >= 0.6 is 34.7 Å². The largest absolute Gasteiger partial charge is 0.460 e. The van der Waals surface area contributed by atoms with E-state index >= 15 is 0 Å². The van der Waals surface area contributed by atoms with Crippen molar-refractivity contribution in [1.29, 1.82) is 0 Å². The molecule has 1 N–H and O–H groups in total. The number of halogens is 2. The molecule has 1 aromatic heterocycles. The summed E-state index contributed by atoms with van der Waals surface area (Å²) >= 11 is 9.70. The number of thiazole rings is 1. The van der Waals surface area contributed by atoms with Crippen LogP contribution in [0.3, 0.4) is 0 Å². The maximum absolute atomic E-state index is 14.4. The van der Waals surface area contributed by atoms with E-state index < -0.39 is 18.0 Å². The second-order valence-electron chi connectivity index (χ2n) is 11.1. The van der Waals surface area contributed by atoms with Gasteiger partial charge in [0.05, 0.1) is 24.3 Å². The predicted octanol–water partition coefficient (Wildman–Crippen LogP) is 7.13. The number of nitrogens with zero attached hydrogens (tertiary/aromatic N) is 2. The second-order valence-corrected chi connectivity index (χ2v) is 13.9. The summed E-state index contributed by atoms with van der Waals surface area (Å²) in [4.78, 5) is 19.8. The second kappa shape index (κ2) is 17.2. The van der Waals surface area contributed by atoms with Gasteiger partial charge in [-0.1, -0.05) is 38.3 Å². The Kier molecular flexibility index (Phi) is 13.7. The van der Waals surface area contributed by atoms with E-state index in [1.54, 1.807) is 0 Å². The number of thioether (sulfide) groups is 1. The van der Waals surface area contributed by atoms with Crippen molar-refractivity contribution in [2.24, 2.45) is 11.8 Å². The molecule has 4 rings (SSSR count). The Hall–Kier alpha value is -1.23. The average molecular weight is 627 g/mol. The summed E-state index contributed by atoms with van der Waals surface area (Å²) in [5, 5.41) is 11.4. The Morgan fingerprint density at radius 3 is 2.93 bits per heavy atom. The Bertz CT molecular complexity index is 1080. The maximum atomic E-state index is 14.4. The number of morpholine rings is 1. The van der Waals surface area contributed by atoms with Crippen LogP contribution in [-0.2, 0) is 15.9 Å². The number of esters is 1. The Balaban J connectivity index is 1.21. The molecule has 2 heterocycles. The monoisotopic (exact) mass is 626 g/mol. The van der Waals surface area contributed by atoms with Gasteiger partial charge in [-0.2, -0.15) is 4.39 Å². The minimum atomic E-state index is -0.727. The summed E-state index contributed by atoms with van der Waals surface area (Å²) < 4.78 is 25.1. The summed E-state index contributed by atoms with van der Waals surface area (Å²) in [6.07, 6.45) is 8.38. The summed E-state index contributed by atoms with van der Waals surface area (Å²) in [5.41, 5.74) is 0.993. The summed E-state index contributed by atoms with van der Waals surface area (Å²) in [6.45, 7) is 6.03. The summed E-state index contributed by atoms with van der Waals surface area (Å²) in [5.74, 6) is 0.512. The van der Waals surface area contributed by atoms with Gasteiger partial charge in [0, 0.05) is 35.7 Å². The topological polar surface area (TPSA) is 71.9 Å². The molecule has 0 radical (unpaired) electrons. The van der Waals surface area contributed by atoms with Crippen molar-refractivity contribution < 1.29 is 23.8 Å². The van der Waals surface area contributed by atoms with E-state index in [-0.39, 0.29) is 16.9 Å². The number of carbonyl (C=O) groups excluding carboxylic acids is 1. The lowest BCUT2D eigenvalue weighted by Crippen LogP contribution is -2.38. The molecule has 1 saturated heterocycles. The first kappa shape index (κ1) is 32.7. The van der Waals surface area contributed by atoms with E-state index in [1.165, 1.54) is 4.90 Å². The number of aliphatic hydroxyl groups excluding tert-OH is 1. The lowest BCUT2D eigenvalue weighted by atomic mass is 9.92. The standard InChI is InChI=1S/C31H44ClFN2O4S2/c1-2-3-4-10-27(36)23-8-5-9-24(20-23)40-21-25-22(12-13-26(25)32)7-6-11-28-34-30(33)29(41-28)31(37)39-19-16-35-14-17-38-18-15-35/h5,8-9,20,22,25-27,36H,2-4,6-7,10-19,21H2,1H3/t22-,25?,26?,27?/m0/s1. The highest BCUT2D eigenvalue weighted by Crippen LogP contribution is 2.42. The molecule has 4 atom stereocenters. The van der Waals surface area contributed by atoms with Crippen LogP contribution in [0.15, 0.2) is 29.2 Å². The fraction of sp³-hybridized carbons (Fsp3) is 0.677. The number of benzene rings is 1. The Labute approximate surface area is 257 Å². The molecule has 6 nitrogen and oxygen atoms in total. The molecule has 1 aromatic carbocycles. The van der Waals surface area contributed by atoms with Crippen molar-refractivity contribution in [3.8, 4) is 0 Å². The van der Waals surface area contributed by atoms with Crippen molar-refractivity contribution >= 4 is 40.7 Å². The molecular formula is C31H44ClFN2O4S2. The first-order valence-electron chi connectivity index (χ1n) is 15.1. The highest BCUT2D eigenvalue weighted by atomic mass is 35.5. The number of aromatic nitrogens is 1. The van der Waals surface area contributed by atoms with Gasteiger partial charge in [0.15, 0.2) is 4.88 Å². The molecular weight excluding hydrogens is 583 g/mol. The lowest BCUT2D eigenvalue weighted by molar-refractivity contribution is 0.0196. The number of unbranched alkanes of at least 4 members (excludes halogenated alkanes) is 2. The molecule has 1 saturated carbocycles. The van der Waals surface area contributed by atoms with Crippen LogP contribution in [0.25, 0.3) is 0 Å². The van der Waals surface area contributed by atoms with Gasteiger partial charge in [-0.05, 0) is 68.1 Å². The predicted molar refractivity (Wildman–Crippen MR) is 165 cm³/mol. The van der Waals surface area contributed by atoms with E-state index in [0.717, 1.165) is 87.1 Å². The van der Waals surface area contributed by atoms with Gasteiger partial charge in [0.2, 0.25) is 5.95 Å². The smallest absolute Gasteiger partial charge is 0.353 e. The first-order valence-corrected chi connectivity index (χ1v) is 17.4. The zero-order chi connectivity index (χ0) is 29.0. The third kappa shape index (κ3) is 10.2. The zero-order valence-electron chi connectivity index (χ0n) is 24.1. The molecule has 228 valence electrons. The number of hydrogen-bond donors (Lipinski definition) is 1. The van der Waals surface area contributed by atoms with Gasteiger partial charge in [-0.15, -0.1) is 34.7 Å². The zero-order valence-corrected chi connectivity index (χ0v) is 26.5. The maximum Gasteiger partial charge on any atom is 0.353 e. The van der Waals surface area contributed by atoms with Gasteiger partial charge < -0.3 is 14.6 Å². The molecule has 2 fully saturated rings. The number of aliphatic hydroxyl groups is 1. The molecule has 1 aliphatic carbocycles. The number of aryl methyl sites for hydroxylation is 1. The molecule has 0 bridgehead atoms. The summed E-state index contributed by atoms with van der Waals surface area (Å²) in [7, 11) is 0. The number of rotatable bonds is 16. The third-order valence-electron chi connectivity index (χ3n) is 8.18. The van der Waals surface area contributed by atoms with E-state index in [9.17, 15) is 14.3 Å². The van der Waals surface area contributed by atoms with Crippen LogP contribution in [0, 0.1) is 17.8 Å². The van der Waals surface area contributed by atoms with Crippen LogP contribution in [0.1, 0.15) is 84.6 Å². The van der Waals surface area contributed by atoms with Crippen LogP contribution in [0.4, 0.5) is 4.39 Å². The van der Waals surface area contributed by atoms with Crippen molar-refractivity contribution in [2.45, 2.75) is 81.1 Å². The van der Waals surface area contributed by atoms with Gasteiger partial charge in [0.1, 0.15) is 6.61 Å². The number of ether oxygens (including phenoxy) is 2. The Morgan fingerprint density at radius 2 is 2.12 bits per heavy atom. The molecule has 3 unspecified atom stereocenters. The van der Waals surface area contributed by atoms with Gasteiger partial charge in [-0.3, -0.25) is 4.90 Å². The van der Waals surface area contributed by atoms with Crippen LogP contribution in [0.5, 0.6) is 0 Å². The first-order chi connectivity index (χ1) is 19.9. The van der Waals surface area contributed by atoms with Crippen LogP contribution < -0.4 is 0 Å². The molecule has 0 spiro atoms. The third-order valence-corrected chi connectivity index (χ3v) is 10.9. The molecule has 1 aliphatic heterocycles. The summed E-state index contributed by atoms with van der Waals surface area (Å²) in [6, 6.07) is 8.28. The van der Waals surface area contributed by atoms with Crippen molar-refractivity contribution in [3.05, 3.63) is 45.7 Å².